The van der Waals surface area contributed by atoms with Crippen molar-refractivity contribution >= 4 is 39.1 Å². The number of anilines is 1. The van der Waals surface area contributed by atoms with E-state index in [1.54, 1.807) is 42.5 Å². The molecular weight excluding hydrogens is 606 g/mol. The van der Waals surface area contributed by atoms with E-state index in [2.05, 4.69) is 5.32 Å². The Balaban J connectivity index is 1.84. The summed E-state index contributed by atoms with van der Waals surface area (Å²) < 4.78 is 29.6. The number of carbonyl (C=O) groups excluding carboxylic acids is 2. The molecule has 0 saturated carbocycles. The van der Waals surface area contributed by atoms with E-state index in [0.717, 1.165) is 15.4 Å². The summed E-state index contributed by atoms with van der Waals surface area (Å²) in [5.41, 5.74) is 3.45. The highest BCUT2D eigenvalue weighted by Gasteiger charge is 2.35. The third-order valence-electron chi connectivity index (χ3n) is 7.81. The van der Waals surface area contributed by atoms with E-state index in [9.17, 15) is 18.0 Å². The number of sulfonamides is 1. The maximum Gasteiger partial charge on any atom is 0.264 e. The number of nitrogens with one attached hydrogen (secondary N) is 1. The summed E-state index contributed by atoms with van der Waals surface area (Å²) in [6, 6.07) is 29.1. The van der Waals surface area contributed by atoms with Crippen LogP contribution in [0.4, 0.5) is 5.69 Å². The number of amides is 2. The molecule has 1 N–H and O–H groups in total. The Hall–Kier alpha value is -4.14. The Kier molecular flexibility index (Phi) is 11.4. The number of nitrogens with zero attached hydrogens (tertiary/aromatic N) is 2. The number of benzene rings is 4. The van der Waals surface area contributed by atoms with Crippen molar-refractivity contribution in [3.63, 3.8) is 0 Å². The lowest BCUT2D eigenvalue weighted by molar-refractivity contribution is -0.140. The first-order valence-corrected chi connectivity index (χ1v) is 16.8. The Morgan fingerprint density at radius 2 is 1.49 bits per heavy atom. The van der Waals surface area contributed by atoms with Crippen LogP contribution in [-0.4, -0.2) is 43.8 Å². The summed E-state index contributed by atoms with van der Waals surface area (Å²) in [4.78, 5) is 30.1. The van der Waals surface area contributed by atoms with Crippen LogP contribution >= 0.6 is 11.6 Å². The van der Waals surface area contributed by atoms with Crippen molar-refractivity contribution in [3.8, 4) is 0 Å². The van der Waals surface area contributed by atoms with Gasteiger partial charge in [-0.15, -0.1) is 0 Å². The quantitative estimate of drug-likeness (QED) is 0.175. The van der Waals surface area contributed by atoms with Crippen LogP contribution in [0.1, 0.15) is 42.5 Å². The van der Waals surface area contributed by atoms with Gasteiger partial charge in [0.1, 0.15) is 12.6 Å². The van der Waals surface area contributed by atoms with Crippen LogP contribution in [0.15, 0.2) is 108 Å². The largest absolute Gasteiger partial charge is 0.352 e. The van der Waals surface area contributed by atoms with Crippen molar-refractivity contribution in [2.75, 3.05) is 10.8 Å². The van der Waals surface area contributed by atoms with E-state index in [4.69, 9.17) is 11.6 Å². The highest BCUT2D eigenvalue weighted by Crippen LogP contribution is 2.29. The Morgan fingerprint density at radius 3 is 2.13 bits per heavy atom. The Bertz CT molecular complexity index is 1720. The fraction of sp³-hybridized carbons (Fsp3) is 0.278. The molecule has 0 fully saturated rings. The lowest BCUT2D eigenvalue weighted by Crippen LogP contribution is -2.54. The highest BCUT2D eigenvalue weighted by molar-refractivity contribution is 7.92. The second-order valence-corrected chi connectivity index (χ2v) is 13.5. The molecule has 2 atom stereocenters. The van der Waals surface area contributed by atoms with Gasteiger partial charge in [0.15, 0.2) is 0 Å². The van der Waals surface area contributed by atoms with Gasteiger partial charge >= 0.3 is 0 Å². The molecule has 45 heavy (non-hydrogen) atoms. The second kappa shape index (κ2) is 15.2. The van der Waals surface area contributed by atoms with Gasteiger partial charge in [-0.1, -0.05) is 97.4 Å². The van der Waals surface area contributed by atoms with E-state index in [0.29, 0.717) is 28.3 Å². The highest BCUT2D eigenvalue weighted by atomic mass is 35.5. The zero-order chi connectivity index (χ0) is 32.6. The normalized spacial score (nSPS) is 12.6. The number of hydrogen-bond donors (Lipinski definition) is 1. The van der Waals surface area contributed by atoms with Gasteiger partial charge < -0.3 is 10.2 Å². The molecule has 4 aromatic rings. The van der Waals surface area contributed by atoms with Gasteiger partial charge in [-0.3, -0.25) is 13.9 Å². The standard InChI is InChI=1S/C36H40ClN3O4S/c1-5-28(4)38-36(42)34(23-29-14-8-6-9-15-29)39(24-30-16-12-13-19-32(30)37)35(41)25-40(33-22-26(2)20-21-27(33)3)45(43,44)31-17-10-7-11-18-31/h6-22,28,34H,5,23-25H2,1-4H3,(H,38,42)/t28-,34+/m1/s1. The summed E-state index contributed by atoms with van der Waals surface area (Å²) in [5, 5.41) is 3.49. The van der Waals surface area contributed by atoms with Crippen molar-refractivity contribution in [3.05, 3.63) is 130 Å². The van der Waals surface area contributed by atoms with Gasteiger partial charge in [0.2, 0.25) is 11.8 Å². The lowest BCUT2D eigenvalue weighted by Gasteiger charge is -2.35. The summed E-state index contributed by atoms with van der Waals surface area (Å²) in [6.45, 7) is 7.06. The molecule has 0 spiro atoms. The van der Waals surface area contributed by atoms with Crippen LogP contribution in [0, 0.1) is 13.8 Å². The Morgan fingerprint density at radius 1 is 0.867 bits per heavy atom. The van der Waals surface area contributed by atoms with E-state index in [1.165, 1.54) is 17.0 Å². The molecule has 4 rings (SSSR count). The monoisotopic (exact) mass is 645 g/mol. The first-order valence-electron chi connectivity index (χ1n) is 15.0. The van der Waals surface area contributed by atoms with Crippen LogP contribution in [0.5, 0.6) is 0 Å². The molecule has 0 radical (unpaired) electrons. The first kappa shape index (κ1) is 33.7. The number of hydrogen-bond acceptors (Lipinski definition) is 4. The summed E-state index contributed by atoms with van der Waals surface area (Å²) in [7, 11) is -4.17. The average Bonchev–Trinajstić information content (AvgIpc) is 3.04. The van der Waals surface area contributed by atoms with E-state index < -0.39 is 28.5 Å². The minimum Gasteiger partial charge on any atom is -0.352 e. The van der Waals surface area contributed by atoms with Crippen molar-refractivity contribution in [1.82, 2.24) is 10.2 Å². The second-order valence-electron chi connectivity index (χ2n) is 11.3. The summed E-state index contributed by atoms with van der Waals surface area (Å²) in [6.07, 6.45) is 0.937. The maximum absolute atomic E-state index is 14.6. The molecule has 0 aliphatic rings. The van der Waals surface area contributed by atoms with Crippen LogP contribution in [0.3, 0.4) is 0 Å². The molecule has 0 aliphatic heterocycles. The number of rotatable bonds is 13. The van der Waals surface area contributed by atoms with Gasteiger partial charge in [0, 0.05) is 24.0 Å². The SMILES string of the molecule is CC[C@@H](C)NC(=O)[C@H](Cc1ccccc1)N(Cc1ccccc1Cl)C(=O)CN(c1cc(C)ccc1C)S(=O)(=O)c1ccccc1. The fourth-order valence-electron chi connectivity index (χ4n) is 5.03. The molecule has 0 heterocycles. The maximum atomic E-state index is 14.6. The third-order valence-corrected chi connectivity index (χ3v) is 9.96. The van der Waals surface area contributed by atoms with Gasteiger partial charge in [-0.05, 0) is 73.7 Å². The van der Waals surface area contributed by atoms with Crippen molar-refractivity contribution in [2.45, 2.75) is 64.1 Å². The fourth-order valence-corrected chi connectivity index (χ4v) is 6.71. The predicted molar refractivity (Wildman–Crippen MR) is 181 cm³/mol. The number of halogens is 1. The molecule has 0 bridgehead atoms. The molecule has 0 aliphatic carbocycles. The molecule has 4 aromatic carbocycles. The van der Waals surface area contributed by atoms with E-state index in [1.807, 2.05) is 76.2 Å². The van der Waals surface area contributed by atoms with Crippen LogP contribution < -0.4 is 9.62 Å². The predicted octanol–water partition coefficient (Wildman–Crippen LogP) is 6.71. The molecule has 0 aromatic heterocycles. The van der Waals surface area contributed by atoms with Crippen molar-refractivity contribution < 1.29 is 18.0 Å². The van der Waals surface area contributed by atoms with Gasteiger partial charge in [0.05, 0.1) is 10.6 Å². The zero-order valence-electron chi connectivity index (χ0n) is 26.1. The Labute approximate surface area is 271 Å². The van der Waals surface area contributed by atoms with E-state index in [-0.39, 0.29) is 29.8 Å². The van der Waals surface area contributed by atoms with Crippen LogP contribution in [0.2, 0.25) is 5.02 Å². The minimum atomic E-state index is -4.17. The van der Waals surface area contributed by atoms with Gasteiger partial charge in [-0.2, -0.15) is 0 Å². The lowest BCUT2D eigenvalue weighted by atomic mass is 10.0. The zero-order valence-corrected chi connectivity index (χ0v) is 27.7. The van der Waals surface area contributed by atoms with Crippen molar-refractivity contribution in [1.29, 1.82) is 0 Å². The average molecular weight is 646 g/mol. The van der Waals surface area contributed by atoms with Crippen molar-refractivity contribution in [2.24, 2.45) is 0 Å². The number of carbonyl (C=O) groups is 2. The van der Waals surface area contributed by atoms with Crippen LogP contribution in [0.25, 0.3) is 0 Å². The van der Waals surface area contributed by atoms with Crippen LogP contribution in [-0.2, 0) is 32.6 Å². The topological polar surface area (TPSA) is 86.8 Å². The minimum absolute atomic E-state index is 0.00988. The van der Waals surface area contributed by atoms with Gasteiger partial charge in [-0.25, -0.2) is 8.42 Å². The molecule has 0 unspecified atom stereocenters. The molecule has 9 heteroatoms. The molecule has 2 amide bonds. The van der Waals surface area contributed by atoms with E-state index >= 15 is 0 Å². The molecular formula is C36H40ClN3O4S. The summed E-state index contributed by atoms with van der Waals surface area (Å²) >= 11 is 6.57. The van der Waals surface area contributed by atoms with Gasteiger partial charge in [0.25, 0.3) is 10.0 Å². The molecule has 236 valence electrons. The summed E-state index contributed by atoms with van der Waals surface area (Å²) in [5.74, 6) is -0.853. The number of aryl methyl sites for hydroxylation is 2. The smallest absolute Gasteiger partial charge is 0.264 e. The molecule has 7 nitrogen and oxygen atoms in total. The third kappa shape index (κ3) is 8.53. The first-order chi connectivity index (χ1) is 21.5. The molecule has 0 saturated heterocycles.